The van der Waals surface area contributed by atoms with E-state index in [0.717, 1.165) is 5.75 Å². The molecule has 1 nitrogen and oxygen atoms in total. The Kier molecular flexibility index (Phi) is 3.80. The van der Waals surface area contributed by atoms with E-state index in [9.17, 15) is 4.79 Å². The minimum atomic E-state index is 0.153. The van der Waals surface area contributed by atoms with Crippen molar-refractivity contribution in [3.8, 4) is 0 Å². The zero-order valence-electron chi connectivity index (χ0n) is 4.31. The molecule has 0 aromatic rings. The first-order valence-electron chi connectivity index (χ1n) is 2.01. The fraction of sp³-hybridized carbons (Fsp3) is 0.400. The summed E-state index contributed by atoms with van der Waals surface area (Å²) < 4.78 is 0. The van der Waals surface area contributed by atoms with E-state index in [4.69, 9.17) is 0 Å². The van der Waals surface area contributed by atoms with E-state index in [0.29, 0.717) is 0 Å². The fourth-order valence-electron chi connectivity index (χ4n) is 0.176. The Labute approximate surface area is 47.8 Å². The molecular weight excluding hydrogens is 108 g/mol. The predicted octanol–water partition coefficient (Wildman–Crippen LogP) is 1.45. The van der Waals surface area contributed by atoms with Gasteiger partial charge in [-0.1, -0.05) is 17.8 Å². The third kappa shape index (κ3) is 5.76. The average Bonchev–Trinajstić information content (AvgIpc) is 1.61. The van der Waals surface area contributed by atoms with Crippen molar-refractivity contribution < 1.29 is 4.79 Å². The molecule has 0 aliphatic carbocycles. The number of hydrogen-bond donors (Lipinski definition) is 0. The van der Waals surface area contributed by atoms with Crippen LogP contribution in [-0.2, 0) is 4.79 Å². The topological polar surface area (TPSA) is 17.1 Å². The molecule has 7 heavy (non-hydrogen) atoms. The molecule has 0 spiro atoms. The van der Waals surface area contributed by atoms with Gasteiger partial charge in [0.1, 0.15) is 0 Å². The number of hydrogen-bond acceptors (Lipinski definition) is 2. The Morgan fingerprint density at radius 2 is 2.57 bits per heavy atom. The summed E-state index contributed by atoms with van der Waals surface area (Å²) in [6, 6.07) is 0. The fourth-order valence-corrected chi connectivity index (χ4v) is 0.529. The van der Waals surface area contributed by atoms with Crippen LogP contribution in [0.2, 0.25) is 0 Å². The summed E-state index contributed by atoms with van der Waals surface area (Å²) in [5.41, 5.74) is 0. The summed E-state index contributed by atoms with van der Waals surface area (Å²) >= 11 is 1.27. The van der Waals surface area contributed by atoms with E-state index in [1.54, 1.807) is 13.0 Å². The minimum Gasteiger partial charge on any atom is -0.288 e. The Bertz CT molecular complexity index is 78.1. The van der Waals surface area contributed by atoms with Crippen molar-refractivity contribution in [3.63, 3.8) is 0 Å². The van der Waals surface area contributed by atoms with Gasteiger partial charge in [-0.05, 0) is 0 Å². The van der Waals surface area contributed by atoms with Crippen LogP contribution in [0.4, 0.5) is 0 Å². The lowest BCUT2D eigenvalue weighted by Crippen LogP contribution is -1.79. The molecule has 0 aromatic carbocycles. The molecule has 0 N–H and O–H groups in total. The van der Waals surface area contributed by atoms with E-state index in [-0.39, 0.29) is 5.12 Å². The first kappa shape index (κ1) is 6.76. The summed E-state index contributed by atoms with van der Waals surface area (Å²) in [5.74, 6) is 0.731. The van der Waals surface area contributed by atoms with Crippen molar-refractivity contribution in [2.24, 2.45) is 0 Å². The molecule has 0 atom stereocenters. The molecule has 0 aliphatic rings. The van der Waals surface area contributed by atoms with E-state index >= 15 is 0 Å². The lowest BCUT2D eigenvalue weighted by atomic mass is 10.8. The highest BCUT2D eigenvalue weighted by Gasteiger charge is 1.85. The molecule has 0 radical (unpaired) electrons. The van der Waals surface area contributed by atoms with Crippen LogP contribution in [0.1, 0.15) is 6.92 Å². The Balaban J connectivity index is 2.97. The molecule has 0 saturated heterocycles. The van der Waals surface area contributed by atoms with Crippen molar-refractivity contribution in [2.75, 3.05) is 5.75 Å². The van der Waals surface area contributed by atoms with Crippen LogP contribution in [0.3, 0.4) is 0 Å². The van der Waals surface area contributed by atoms with Crippen LogP contribution < -0.4 is 0 Å². The van der Waals surface area contributed by atoms with Crippen molar-refractivity contribution in [1.29, 1.82) is 0 Å². The first-order chi connectivity index (χ1) is 3.27. The molecule has 0 unspecified atom stereocenters. The van der Waals surface area contributed by atoms with Crippen LogP contribution in [0.5, 0.6) is 0 Å². The van der Waals surface area contributed by atoms with Crippen LogP contribution in [0.15, 0.2) is 12.7 Å². The van der Waals surface area contributed by atoms with Gasteiger partial charge in [-0.15, -0.1) is 6.58 Å². The molecule has 0 bridgehead atoms. The normalized spacial score (nSPS) is 8.14. The van der Waals surface area contributed by atoms with Gasteiger partial charge in [-0.25, -0.2) is 0 Å². The molecule has 0 fully saturated rings. The summed E-state index contributed by atoms with van der Waals surface area (Å²) in [6.45, 7) is 5.01. The van der Waals surface area contributed by atoms with Crippen molar-refractivity contribution in [1.82, 2.24) is 0 Å². The van der Waals surface area contributed by atoms with Gasteiger partial charge in [0, 0.05) is 12.7 Å². The molecule has 0 amide bonds. The molecule has 40 valence electrons. The Hall–Kier alpha value is -0.240. The molecular formula is C5H8OS. The van der Waals surface area contributed by atoms with Crippen molar-refractivity contribution >= 4 is 16.9 Å². The Morgan fingerprint density at radius 1 is 2.00 bits per heavy atom. The molecule has 0 aromatic heterocycles. The van der Waals surface area contributed by atoms with Gasteiger partial charge in [-0.3, -0.25) is 4.79 Å². The maximum Gasteiger partial charge on any atom is 0.186 e. The third-order valence-corrected chi connectivity index (χ3v) is 1.21. The maximum atomic E-state index is 10.1. The van der Waals surface area contributed by atoms with Crippen LogP contribution in [-0.4, -0.2) is 10.9 Å². The number of carbonyl (C=O) groups excluding carboxylic acids is 1. The smallest absolute Gasteiger partial charge is 0.186 e. The quantitative estimate of drug-likeness (QED) is 0.508. The molecule has 0 heterocycles. The maximum absolute atomic E-state index is 10.1. The second kappa shape index (κ2) is 3.93. The Morgan fingerprint density at radius 3 is 2.71 bits per heavy atom. The second-order valence-corrected chi connectivity index (χ2v) is 2.29. The monoisotopic (exact) mass is 116 g/mol. The van der Waals surface area contributed by atoms with Gasteiger partial charge in [0.25, 0.3) is 0 Å². The zero-order chi connectivity index (χ0) is 5.70. The highest BCUT2D eigenvalue weighted by Crippen LogP contribution is 1.98. The van der Waals surface area contributed by atoms with E-state index in [1.165, 1.54) is 11.8 Å². The van der Waals surface area contributed by atoms with Crippen molar-refractivity contribution in [2.45, 2.75) is 6.92 Å². The number of rotatable bonds is 2. The highest BCUT2D eigenvalue weighted by atomic mass is 32.2. The first-order valence-corrected chi connectivity index (χ1v) is 3.00. The lowest BCUT2D eigenvalue weighted by Gasteiger charge is -1.82. The van der Waals surface area contributed by atoms with Crippen LogP contribution in [0, 0.1) is 0 Å². The van der Waals surface area contributed by atoms with E-state index < -0.39 is 0 Å². The van der Waals surface area contributed by atoms with E-state index in [1.807, 2.05) is 0 Å². The number of carbonyl (C=O) groups is 1. The van der Waals surface area contributed by atoms with Gasteiger partial charge in [-0.2, -0.15) is 0 Å². The summed E-state index contributed by atoms with van der Waals surface area (Å²) in [7, 11) is 0. The summed E-state index contributed by atoms with van der Waals surface area (Å²) in [5, 5.41) is 0.153. The van der Waals surface area contributed by atoms with Gasteiger partial charge in [0.15, 0.2) is 5.12 Å². The molecule has 2 heteroatoms. The summed E-state index contributed by atoms with van der Waals surface area (Å²) in [4.78, 5) is 10.1. The predicted molar refractivity (Wildman–Crippen MR) is 33.3 cm³/mol. The standard InChI is InChI=1S/C5H8OS/c1-3-4-7-5(2)6/h3H,1,4H2,2H3. The number of thioether (sulfide) groups is 1. The minimum absolute atomic E-state index is 0.153. The van der Waals surface area contributed by atoms with Gasteiger partial charge >= 0.3 is 0 Å². The van der Waals surface area contributed by atoms with Crippen LogP contribution >= 0.6 is 11.8 Å². The van der Waals surface area contributed by atoms with Gasteiger partial charge in [0.2, 0.25) is 0 Å². The van der Waals surface area contributed by atoms with E-state index in [2.05, 4.69) is 6.58 Å². The average molecular weight is 116 g/mol. The lowest BCUT2D eigenvalue weighted by molar-refractivity contribution is -0.109. The molecule has 0 saturated carbocycles. The summed E-state index contributed by atoms with van der Waals surface area (Å²) in [6.07, 6.45) is 1.71. The molecule has 0 aliphatic heterocycles. The SMILES string of the molecule is C=CCSC(C)=O. The zero-order valence-corrected chi connectivity index (χ0v) is 5.12. The molecule has 0 rings (SSSR count). The third-order valence-electron chi connectivity index (χ3n) is 0.404. The van der Waals surface area contributed by atoms with Crippen molar-refractivity contribution in [3.05, 3.63) is 12.7 Å². The van der Waals surface area contributed by atoms with Gasteiger partial charge < -0.3 is 0 Å². The highest BCUT2D eigenvalue weighted by molar-refractivity contribution is 8.13. The largest absolute Gasteiger partial charge is 0.288 e. The van der Waals surface area contributed by atoms with Crippen LogP contribution in [0.25, 0.3) is 0 Å². The second-order valence-electron chi connectivity index (χ2n) is 1.09. The van der Waals surface area contributed by atoms with Gasteiger partial charge in [0.05, 0.1) is 0 Å².